The van der Waals surface area contributed by atoms with Crippen molar-refractivity contribution in [1.29, 1.82) is 0 Å². The van der Waals surface area contributed by atoms with Gasteiger partial charge in [0.15, 0.2) is 0 Å². The number of aryl methyl sites for hydroxylation is 1. The van der Waals surface area contributed by atoms with Gasteiger partial charge in [-0.25, -0.2) is 4.98 Å². The van der Waals surface area contributed by atoms with Gasteiger partial charge in [0.1, 0.15) is 5.78 Å². The third-order valence-corrected chi connectivity index (χ3v) is 4.83. The first-order valence-corrected chi connectivity index (χ1v) is 7.52. The van der Waals surface area contributed by atoms with E-state index in [-0.39, 0.29) is 0 Å². The number of thiazole rings is 1. The maximum Gasteiger partial charge on any atom is 0.136 e. The average Bonchev–Trinajstić information content (AvgIpc) is 3.04. The zero-order chi connectivity index (χ0) is 12.4. The van der Waals surface area contributed by atoms with E-state index in [0.29, 0.717) is 18.1 Å². The summed E-state index contributed by atoms with van der Waals surface area (Å²) in [6, 6.07) is 8.17. The lowest BCUT2D eigenvalue weighted by molar-refractivity contribution is -0.122. The fourth-order valence-electron chi connectivity index (χ4n) is 2.71. The van der Waals surface area contributed by atoms with E-state index in [9.17, 15) is 4.79 Å². The molecule has 1 aromatic carbocycles. The molecule has 94 valence electrons. The molecule has 0 amide bonds. The lowest BCUT2D eigenvalue weighted by Crippen LogP contribution is -2.11. The third-order valence-electron chi connectivity index (χ3n) is 3.73. The minimum absolute atomic E-state index is 0.347. The van der Waals surface area contributed by atoms with Gasteiger partial charge in [-0.05, 0) is 25.0 Å². The molecule has 0 saturated heterocycles. The van der Waals surface area contributed by atoms with Gasteiger partial charge in [-0.2, -0.15) is 0 Å². The molecule has 3 rings (SSSR count). The van der Waals surface area contributed by atoms with Gasteiger partial charge >= 0.3 is 0 Å². The van der Waals surface area contributed by atoms with Crippen LogP contribution in [0.1, 0.15) is 37.1 Å². The molecule has 1 aliphatic carbocycles. The highest BCUT2D eigenvalue weighted by Crippen LogP contribution is 2.28. The standard InChI is InChI=1S/C15H17NOS/c17-13(11-5-1-2-6-11)9-10-15-16-12-7-3-4-8-14(12)18-15/h3-4,7-8,11H,1-2,5-6,9-10H2. The van der Waals surface area contributed by atoms with Crippen LogP contribution in [0.3, 0.4) is 0 Å². The lowest BCUT2D eigenvalue weighted by Gasteiger charge is -2.05. The van der Waals surface area contributed by atoms with E-state index in [1.807, 2.05) is 18.2 Å². The van der Waals surface area contributed by atoms with E-state index in [0.717, 1.165) is 29.8 Å². The molecule has 0 radical (unpaired) electrons. The fraction of sp³-hybridized carbons (Fsp3) is 0.467. The van der Waals surface area contributed by atoms with Gasteiger partial charge < -0.3 is 0 Å². The molecule has 0 bridgehead atoms. The Kier molecular flexibility index (Phi) is 3.41. The van der Waals surface area contributed by atoms with Crippen molar-refractivity contribution in [2.75, 3.05) is 0 Å². The maximum absolute atomic E-state index is 12.0. The first-order valence-electron chi connectivity index (χ1n) is 6.70. The van der Waals surface area contributed by atoms with Crippen LogP contribution >= 0.6 is 11.3 Å². The van der Waals surface area contributed by atoms with E-state index in [1.165, 1.54) is 17.5 Å². The second-order valence-corrected chi connectivity index (χ2v) is 6.14. The highest BCUT2D eigenvalue weighted by atomic mass is 32.1. The van der Waals surface area contributed by atoms with E-state index in [2.05, 4.69) is 11.1 Å². The molecule has 2 nitrogen and oxygen atoms in total. The first-order chi connectivity index (χ1) is 8.83. The number of hydrogen-bond donors (Lipinski definition) is 0. The Morgan fingerprint density at radius 1 is 1.28 bits per heavy atom. The van der Waals surface area contributed by atoms with Gasteiger partial charge in [0.25, 0.3) is 0 Å². The molecule has 0 N–H and O–H groups in total. The van der Waals surface area contributed by atoms with Crippen LogP contribution in [0, 0.1) is 5.92 Å². The molecule has 0 aliphatic heterocycles. The molecular weight excluding hydrogens is 242 g/mol. The monoisotopic (exact) mass is 259 g/mol. The number of aromatic nitrogens is 1. The number of para-hydroxylation sites is 1. The van der Waals surface area contributed by atoms with Crippen LogP contribution in [-0.4, -0.2) is 10.8 Å². The number of rotatable bonds is 4. The minimum atomic E-state index is 0.347. The second-order valence-electron chi connectivity index (χ2n) is 5.02. The summed E-state index contributed by atoms with van der Waals surface area (Å²) in [5.74, 6) is 0.797. The molecule has 2 aromatic rings. The summed E-state index contributed by atoms with van der Waals surface area (Å²) in [5, 5.41) is 1.10. The molecule has 1 heterocycles. The van der Waals surface area contributed by atoms with Crippen molar-refractivity contribution in [3.05, 3.63) is 29.3 Å². The summed E-state index contributed by atoms with van der Waals surface area (Å²) < 4.78 is 1.22. The SMILES string of the molecule is O=C(CCc1nc2ccccc2s1)C1CCCC1. The molecule has 0 unspecified atom stereocenters. The largest absolute Gasteiger partial charge is 0.299 e. The highest BCUT2D eigenvalue weighted by molar-refractivity contribution is 7.18. The van der Waals surface area contributed by atoms with Crippen molar-refractivity contribution in [1.82, 2.24) is 4.98 Å². The highest BCUT2D eigenvalue weighted by Gasteiger charge is 2.22. The number of ketones is 1. The lowest BCUT2D eigenvalue weighted by atomic mass is 9.99. The Hall–Kier alpha value is -1.22. The van der Waals surface area contributed by atoms with Gasteiger partial charge in [0.05, 0.1) is 15.2 Å². The number of hydrogen-bond acceptors (Lipinski definition) is 3. The molecule has 1 saturated carbocycles. The third kappa shape index (κ3) is 2.46. The molecule has 1 aromatic heterocycles. The van der Waals surface area contributed by atoms with Crippen LogP contribution in [0.5, 0.6) is 0 Å². The van der Waals surface area contributed by atoms with Crippen LogP contribution in [0.25, 0.3) is 10.2 Å². The number of Topliss-reactive ketones (excluding diaryl/α,β-unsaturated/α-hetero) is 1. The van der Waals surface area contributed by atoms with E-state index >= 15 is 0 Å². The number of carbonyl (C=O) groups excluding carboxylic acids is 1. The van der Waals surface area contributed by atoms with Gasteiger partial charge in [0.2, 0.25) is 0 Å². The van der Waals surface area contributed by atoms with E-state index in [1.54, 1.807) is 11.3 Å². The molecule has 0 atom stereocenters. The second kappa shape index (κ2) is 5.19. The Labute approximate surface area is 111 Å². The van der Waals surface area contributed by atoms with Crippen LogP contribution in [0.15, 0.2) is 24.3 Å². The van der Waals surface area contributed by atoms with Crippen molar-refractivity contribution < 1.29 is 4.79 Å². The summed E-state index contributed by atoms with van der Waals surface area (Å²) in [7, 11) is 0. The number of fused-ring (bicyclic) bond motifs is 1. The Morgan fingerprint density at radius 2 is 2.06 bits per heavy atom. The topological polar surface area (TPSA) is 30.0 Å². The van der Waals surface area contributed by atoms with Gasteiger partial charge in [-0.1, -0.05) is 25.0 Å². The van der Waals surface area contributed by atoms with Crippen LogP contribution in [0.2, 0.25) is 0 Å². The van der Waals surface area contributed by atoms with Gasteiger partial charge in [-0.15, -0.1) is 11.3 Å². The van der Waals surface area contributed by atoms with Crippen LogP contribution < -0.4 is 0 Å². The van der Waals surface area contributed by atoms with Crippen molar-refractivity contribution in [2.24, 2.45) is 5.92 Å². The van der Waals surface area contributed by atoms with Crippen molar-refractivity contribution in [3.63, 3.8) is 0 Å². The molecule has 1 aliphatic rings. The van der Waals surface area contributed by atoms with Crippen LogP contribution in [0.4, 0.5) is 0 Å². The van der Waals surface area contributed by atoms with E-state index in [4.69, 9.17) is 0 Å². The normalized spacial score (nSPS) is 16.4. The summed E-state index contributed by atoms with van der Waals surface area (Å²) in [6.45, 7) is 0. The number of carbonyl (C=O) groups is 1. The Morgan fingerprint density at radius 3 is 2.83 bits per heavy atom. The maximum atomic E-state index is 12.0. The fourth-order valence-corrected chi connectivity index (χ4v) is 3.68. The molecule has 0 spiro atoms. The predicted octanol–water partition coefficient (Wildman–Crippen LogP) is 3.99. The minimum Gasteiger partial charge on any atom is -0.299 e. The average molecular weight is 259 g/mol. The van der Waals surface area contributed by atoms with Crippen molar-refractivity contribution >= 4 is 27.3 Å². The van der Waals surface area contributed by atoms with Gasteiger partial charge in [0, 0.05) is 18.8 Å². The quantitative estimate of drug-likeness (QED) is 0.831. The summed E-state index contributed by atoms with van der Waals surface area (Å²) >= 11 is 1.72. The van der Waals surface area contributed by atoms with Crippen LogP contribution in [-0.2, 0) is 11.2 Å². The summed E-state index contributed by atoms with van der Waals surface area (Å²) in [4.78, 5) is 16.6. The van der Waals surface area contributed by atoms with Crippen molar-refractivity contribution in [3.8, 4) is 0 Å². The van der Waals surface area contributed by atoms with Gasteiger partial charge in [-0.3, -0.25) is 4.79 Å². The predicted molar refractivity (Wildman–Crippen MR) is 74.9 cm³/mol. The Balaban J connectivity index is 1.63. The summed E-state index contributed by atoms with van der Waals surface area (Å²) in [6.07, 6.45) is 6.17. The Bertz CT molecular complexity index is 521. The zero-order valence-corrected chi connectivity index (χ0v) is 11.2. The molecule has 3 heteroatoms. The number of benzene rings is 1. The van der Waals surface area contributed by atoms with Crippen molar-refractivity contribution in [2.45, 2.75) is 38.5 Å². The summed E-state index contributed by atoms with van der Waals surface area (Å²) in [5.41, 5.74) is 1.06. The first kappa shape index (κ1) is 11.8. The molecule has 18 heavy (non-hydrogen) atoms. The number of nitrogens with zero attached hydrogens (tertiary/aromatic N) is 1. The molecule has 1 fully saturated rings. The smallest absolute Gasteiger partial charge is 0.136 e. The van der Waals surface area contributed by atoms with E-state index < -0.39 is 0 Å². The molecular formula is C15H17NOS. The zero-order valence-electron chi connectivity index (χ0n) is 10.4.